The first-order chi connectivity index (χ1) is 15.2. The Morgan fingerprint density at radius 2 is 1.84 bits per heavy atom. The molecule has 3 aromatic heterocycles. The SMILES string of the molecule is Fc1cccc(-n2cccc2[C@@H]2[C@H](c3ccccn3)NC(=S)N2Cc2ccncc2)c1. The zero-order chi connectivity index (χ0) is 21.2. The van der Waals surface area contributed by atoms with E-state index in [-0.39, 0.29) is 17.9 Å². The number of nitrogens with one attached hydrogen (secondary N) is 1. The number of hydrogen-bond donors (Lipinski definition) is 1. The summed E-state index contributed by atoms with van der Waals surface area (Å²) < 4.78 is 16.0. The van der Waals surface area contributed by atoms with Crippen LogP contribution in [0.2, 0.25) is 0 Å². The minimum absolute atomic E-state index is 0.131. The van der Waals surface area contributed by atoms with Crippen molar-refractivity contribution in [1.82, 2.24) is 24.8 Å². The number of thiocarbonyl (C=S) groups is 1. The largest absolute Gasteiger partial charge is 0.352 e. The highest BCUT2D eigenvalue weighted by molar-refractivity contribution is 7.80. The van der Waals surface area contributed by atoms with Crippen molar-refractivity contribution in [3.63, 3.8) is 0 Å². The van der Waals surface area contributed by atoms with Crippen LogP contribution in [-0.4, -0.2) is 24.5 Å². The summed E-state index contributed by atoms with van der Waals surface area (Å²) in [6, 6.07) is 20.2. The van der Waals surface area contributed by atoms with E-state index in [1.807, 2.05) is 53.2 Å². The lowest BCUT2D eigenvalue weighted by Crippen LogP contribution is -2.30. The van der Waals surface area contributed by atoms with E-state index in [2.05, 4.69) is 26.3 Å². The van der Waals surface area contributed by atoms with Gasteiger partial charge in [-0.3, -0.25) is 9.97 Å². The van der Waals surface area contributed by atoms with Crippen LogP contribution in [0, 0.1) is 5.82 Å². The van der Waals surface area contributed by atoms with Gasteiger partial charge in [0.25, 0.3) is 0 Å². The van der Waals surface area contributed by atoms with Crippen LogP contribution in [-0.2, 0) is 6.54 Å². The highest BCUT2D eigenvalue weighted by Crippen LogP contribution is 2.40. The molecule has 1 aliphatic heterocycles. The van der Waals surface area contributed by atoms with Crippen LogP contribution in [0.3, 0.4) is 0 Å². The van der Waals surface area contributed by atoms with Gasteiger partial charge in [-0.2, -0.15) is 0 Å². The molecule has 0 saturated carbocycles. The van der Waals surface area contributed by atoms with Crippen molar-refractivity contribution in [3.05, 3.63) is 114 Å². The van der Waals surface area contributed by atoms with Crippen LogP contribution >= 0.6 is 12.2 Å². The van der Waals surface area contributed by atoms with Gasteiger partial charge in [0.1, 0.15) is 5.82 Å². The molecule has 4 aromatic rings. The maximum atomic E-state index is 14.0. The van der Waals surface area contributed by atoms with Crippen molar-refractivity contribution in [1.29, 1.82) is 0 Å². The normalized spacial score (nSPS) is 18.2. The predicted molar refractivity (Wildman–Crippen MR) is 121 cm³/mol. The Labute approximate surface area is 185 Å². The number of hydrogen-bond acceptors (Lipinski definition) is 3. The standard InChI is InChI=1S/C24H20FN5S/c25-18-5-3-6-19(15-18)29-14-4-8-21(29)23-22(20-7-1-2-11-27-20)28-24(31)30(23)16-17-9-12-26-13-10-17/h1-15,22-23H,16H2,(H,28,31)/t22-,23+/m0/s1. The average molecular weight is 430 g/mol. The molecule has 0 unspecified atom stereocenters. The highest BCUT2D eigenvalue weighted by Gasteiger charge is 2.41. The summed E-state index contributed by atoms with van der Waals surface area (Å²) in [5.74, 6) is -0.271. The molecule has 1 N–H and O–H groups in total. The molecular formula is C24H20FN5S. The summed E-state index contributed by atoms with van der Waals surface area (Å²) in [5, 5.41) is 4.12. The molecule has 0 amide bonds. The molecule has 0 aliphatic carbocycles. The number of aromatic nitrogens is 3. The number of pyridine rings is 2. The molecule has 4 heterocycles. The fraction of sp³-hybridized carbons (Fsp3) is 0.125. The fourth-order valence-electron chi connectivity index (χ4n) is 4.08. The summed E-state index contributed by atoms with van der Waals surface area (Å²) in [7, 11) is 0. The third-order valence-electron chi connectivity index (χ3n) is 5.47. The van der Waals surface area contributed by atoms with E-state index in [9.17, 15) is 4.39 Å². The Kier molecular flexibility index (Phi) is 5.18. The van der Waals surface area contributed by atoms with Crippen molar-refractivity contribution >= 4 is 17.3 Å². The molecule has 0 bridgehead atoms. The molecule has 0 spiro atoms. The van der Waals surface area contributed by atoms with Gasteiger partial charge in [-0.15, -0.1) is 0 Å². The van der Waals surface area contributed by atoms with Crippen LogP contribution in [0.4, 0.5) is 4.39 Å². The summed E-state index contributed by atoms with van der Waals surface area (Å²) in [6.07, 6.45) is 7.30. The smallest absolute Gasteiger partial charge is 0.170 e. The van der Waals surface area contributed by atoms with Gasteiger partial charge in [0.15, 0.2) is 5.11 Å². The van der Waals surface area contributed by atoms with E-state index in [1.165, 1.54) is 12.1 Å². The molecule has 1 aliphatic rings. The Bertz CT molecular complexity index is 1190. The van der Waals surface area contributed by atoms with E-state index >= 15 is 0 Å². The van der Waals surface area contributed by atoms with Gasteiger partial charge in [0, 0.05) is 42.7 Å². The minimum Gasteiger partial charge on any atom is -0.352 e. The van der Waals surface area contributed by atoms with Gasteiger partial charge >= 0.3 is 0 Å². The Morgan fingerprint density at radius 1 is 0.968 bits per heavy atom. The molecular weight excluding hydrogens is 409 g/mol. The number of rotatable bonds is 5. The first-order valence-electron chi connectivity index (χ1n) is 10.0. The number of nitrogens with zero attached hydrogens (tertiary/aromatic N) is 4. The lowest BCUT2D eigenvalue weighted by atomic mass is 10.0. The first-order valence-corrected chi connectivity index (χ1v) is 10.4. The molecule has 154 valence electrons. The second-order valence-corrected chi connectivity index (χ2v) is 7.78. The summed E-state index contributed by atoms with van der Waals surface area (Å²) in [6.45, 7) is 0.622. The third-order valence-corrected chi connectivity index (χ3v) is 5.82. The monoisotopic (exact) mass is 429 g/mol. The minimum atomic E-state index is -0.271. The summed E-state index contributed by atoms with van der Waals surface area (Å²) in [4.78, 5) is 10.9. The van der Waals surface area contributed by atoms with E-state index in [0.717, 1.165) is 22.6 Å². The molecule has 1 saturated heterocycles. The van der Waals surface area contributed by atoms with Crippen molar-refractivity contribution in [2.75, 3.05) is 0 Å². The van der Waals surface area contributed by atoms with Gasteiger partial charge in [-0.05, 0) is 72.4 Å². The summed E-state index contributed by atoms with van der Waals surface area (Å²) >= 11 is 5.75. The van der Waals surface area contributed by atoms with Crippen LogP contribution in [0.1, 0.15) is 29.0 Å². The highest BCUT2D eigenvalue weighted by atomic mass is 32.1. The third kappa shape index (κ3) is 3.80. The van der Waals surface area contributed by atoms with Gasteiger partial charge in [-0.1, -0.05) is 12.1 Å². The zero-order valence-corrected chi connectivity index (χ0v) is 17.4. The molecule has 7 heteroatoms. The average Bonchev–Trinajstić information content (AvgIpc) is 3.40. The van der Waals surface area contributed by atoms with Gasteiger partial charge < -0.3 is 14.8 Å². The second-order valence-electron chi connectivity index (χ2n) is 7.39. The van der Waals surface area contributed by atoms with Crippen LogP contribution in [0.5, 0.6) is 0 Å². The van der Waals surface area contributed by atoms with Crippen LogP contribution in [0.25, 0.3) is 5.69 Å². The van der Waals surface area contributed by atoms with Crippen molar-refractivity contribution < 1.29 is 4.39 Å². The lowest BCUT2D eigenvalue weighted by Gasteiger charge is -2.29. The molecule has 5 rings (SSSR count). The lowest BCUT2D eigenvalue weighted by molar-refractivity contribution is 0.302. The van der Waals surface area contributed by atoms with Crippen LogP contribution in [0.15, 0.2) is 91.5 Å². The molecule has 1 aromatic carbocycles. The quantitative estimate of drug-likeness (QED) is 0.471. The molecule has 0 radical (unpaired) electrons. The van der Waals surface area contributed by atoms with Crippen LogP contribution < -0.4 is 5.32 Å². The fourth-order valence-corrected chi connectivity index (χ4v) is 4.38. The van der Waals surface area contributed by atoms with Crippen molar-refractivity contribution in [3.8, 4) is 5.69 Å². The first kappa shape index (κ1) is 19.4. The topological polar surface area (TPSA) is 46.0 Å². The maximum Gasteiger partial charge on any atom is 0.170 e. The van der Waals surface area contributed by atoms with Crippen molar-refractivity contribution in [2.45, 2.75) is 18.6 Å². The van der Waals surface area contributed by atoms with Gasteiger partial charge in [-0.25, -0.2) is 4.39 Å². The van der Waals surface area contributed by atoms with E-state index in [0.29, 0.717) is 11.7 Å². The summed E-state index contributed by atoms with van der Waals surface area (Å²) in [5.41, 5.74) is 3.78. The van der Waals surface area contributed by atoms with Gasteiger partial charge in [0.2, 0.25) is 0 Å². The Morgan fingerprint density at radius 3 is 2.61 bits per heavy atom. The molecule has 31 heavy (non-hydrogen) atoms. The molecule has 5 nitrogen and oxygen atoms in total. The van der Waals surface area contributed by atoms with Crippen molar-refractivity contribution in [2.24, 2.45) is 0 Å². The second kappa shape index (κ2) is 8.28. The number of benzene rings is 1. The number of halogens is 1. The Balaban J connectivity index is 1.61. The molecule has 1 fully saturated rings. The van der Waals surface area contributed by atoms with E-state index < -0.39 is 0 Å². The Hall–Kier alpha value is -3.58. The van der Waals surface area contributed by atoms with Gasteiger partial charge in [0.05, 0.1) is 17.8 Å². The van der Waals surface area contributed by atoms with E-state index in [4.69, 9.17) is 12.2 Å². The maximum absolute atomic E-state index is 14.0. The molecule has 2 atom stereocenters. The van der Waals surface area contributed by atoms with E-state index in [1.54, 1.807) is 24.7 Å². The predicted octanol–water partition coefficient (Wildman–Crippen LogP) is 4.58. The zero-order valence-electron chi connectivity index (χ0n) is 16.6.